The van der Waals surface area contributed by atoms with Gasteiger partial charge >= 0.3 is 0 Å². The second kappa shape index (κ2) is 7.69. The molecule has 146 valence electrons. The number of aliphatic hydroxyl groups is 1. The molecule has 0 unspecified atom stereocenters. The van der Waals surface area contributed by atoms with Crippen LogP contribution in [-0.2, 0) is 7.05 Å². The van der Waals surface area contributed by atoms with Crippen molar-refractivity contribution in [3.8, 4) is 22.3 Å². The van der Waals surface area contributed by atoms with Gasteiger partial charge in [0.25, 0.3) is 5.91 Å². The van der Waals surface area contributed by atoms with Gasteiger partial charge in [-0.3, -0.25) is 14.5 Å². The van der Waals surface area contributed by atoms with Crippen molar-refractivity contribution < 1.29 is 9.90 Å². The SMILES string of the molecule is Cn1cc(-c2ccc(-c3cnc(N)c4ncc(C(=O)NCCO)cc34)cc2)cn1. The number of carbonyl (C=O) groups is 1. The van der Waals surface area contributed by atoms with Crippen LogP contribution in [0.1, 0.15) is 10.4 Å². The summed E-state index contributed by atoms with van der Waals surface area (Å²) in [6, 6.07) is 9.76. The van der Waals surface area contributed by atoms with Gasteiger partial charge in [-0.1, -0.05) is 24.3 Å². The third kappa shape index (κ3) is 3.65. The third-order valence-corrected chi connectivity index (χ3v) is 4.65. The molecule has 0 saturated carbocycles. The number of aromatic nitrogens is 4. The fraction of sp³-hybridized carbons (Fsp3) is 0.143. The number of amides is 1. The number of carbonyl (C=O) groups excluding carboxylic acids is 1. The Bertz CT molecular complexity index is 1180. The van der Waals surface area contributed by atoms with Gasteiger partial charge in [-0.05, 0) is 17.2 Å². The van der Waals surface area contributed by atoms with Crippen LogP contribution in [0.4, 0.5) is 5.82 Å². The summed E-state index contributed by atoms with van der Waals surface area (Å²) >= 11 is 0. The Hall–Kier alpha value is -3.78. The van der Waals surface area contributed by atoms with Gasteiger partial charge in [-0.15, -0.1) is 0 Å². The molecule has 8 heteroatoms. The standard InChI is InChI=1S/C21H20N6O2/c1-27-12-16(10-26-27)13-2-4-14(5-3-13)18-11-25-20(22)19-17(18)8-15(9-24-19)21(29)23-6-7-28/h2-5,8-12,28H,6-7H2,1H3,(H2,22,25)(H,23,29). The molecule has 1 aromatic carbocycles. The van der Waals surface area contributed by atoms with Crippen molar-refractivity contribution in [1.29, 1.82) is 0 Å². The number of anilines is 1. The molecular formula is C21H20N6O2. The van der Waals surface area contributed by atoms with E-state index in [-0.39, 0.29) is 19.1 Å². The maximum Gasteiger partial charge on any atom is 0.252 e. The quantitative estimate of drug-likeness (QED) is 0.481. The Morgan fingerprint density at radius 2 is 1.86 bits per heavy atom. The zero-order valence-corrected chi connectivity index (χ0v) is 15.8. The molecule has 0 aliphatic carbocycles. The van der Waals surface area contributed by atoms with Gasteiger partial charge in [0.2, 0.25) is 0 Å². The molecule has 0 spiro atoms. The van der Waals surface area contributed by atoms with E-state index in [0.29, 0.717) is 16.9 Å². The van der Waals surface area contributed by atoms with Gasteiger partial charge < -0.3 is 16.2 Å². The number of benzene rings is 1. The molecule has 0 radical (unpaired) electrons. The zero-order chi connectivity index (χ0) is 20.4. The van der Waals surface area contributed by atoms with Gasteiger partial charge in [0.05, 0.1) is 18.4 Å². The summed E-state index contributed by atoms with van der Waals surface area (Å²) in [6.07, 6.45) is 6.92. The summed E-state index contributed by atoms with van der Waals surface area (Å²) in [6.45, 7) is 0.0518. The minimum absolute atomic E-state index is 0.127. The number of hydrogen-bond acceptors (Lipinski definition) is 6. The Morgan fingerprint density at radius 3 is 2.55 bits per heavy atom. The number of nitrogens with one attached hydrogen (secondary N) is 1. The molecular weight excluding hydrogens is 368 g/mol. The van der Waals surface area contributed by atoms with Gasteiger partial charge in [0.1, 0.15) is 11.3 Å². The molecule has 4 rings (SSSR count). The van der Waals surface area contributed by atoms with E-state index in [1.54, 1.807) is 16.9 Å². The lowest BCUT2D eigenvalue weighted by atomic mass is 9.99. The molecule has 4 N–H and O–H groups in total. The summed E-state index contributed by atoms with van der Waals surface area (Å²) in [5.41, 5.74) is 10.8. The van der Waals surface area contributed by atoms with E-state index in [4.69, 9.17) is 10.8 Å². The van der Waals surface area contributed by atoms with Crippen molar-refractivity contribution in [2.24, 2.45) is 7.05 Å². The highest BCUT2D eigenvalue weighted by molar-refractivity contribution is 6.03. The highest BCUT2D eigenvalue weighted by atomic mass is 16.3. The van der Waals surface area contributed by atoms with Crippen LogP contribution in [0, 0.1) is 0 Å². The predicted octanol–water partition coefficient (Wildman–Crippen LogP) is 2.00. The first-order valence-electron chi connectivity index (χ1n) is 9.09. The van der Waals surface area contributed by atoms with Crippen molar-refractivity contribution in [2.75, 3.05) is 18.9 Å². The van der Waals surface area contributed by atoms with Crippen LogP contribution in [0.2, 0.25) is 0 Å². The highest BCUT2D eigenvalue weighted by Crippen LogP contribution is 2.31. The molecule has 8 nitrogen and oxygen atoms in total. The predicted molar refractivity (Wildman–Crippen MR) is 111 cm³/mol. The highest BCUT2D eigenvalue weighted by Gasteiger charge is 2.13. The van der Waals surface area contributed by atoms with Crippen molar-refractivity contribution in [3.05, 3.63) is 60.7 Å². The molecule has 0 bridgehead atoms. The zero-order valence-electron chi connectivity index (χ0n) is 15.8. The summed E-state index contributed by atoms with van der Waals surface area (Å²) in [7, 11) is 1.88. The summed E-state index contributed by atoms with van der Waals surface area (Å²) in [4.78, 5) is 20.9. The molecule has 0 aliphatic rings. The number of rotatable bonds is 5. The molecule has 29 heavy (non-hydrogen) atoms. The first kappa shape index (κ1) is 18.6. The molecule has 0 fully saturated rings. The molecule has 1 amide bonds. The first-order chi connectivity index (χ1) is 14.1. The Labute approximate surface area is 167 Å². The van der Waals surface area contributed by atoms with Crippen molar-refractivity contribution in [2.45, 2.75) is 0 Å². The number of fused-ring (bicyclic) bond motifs is 1. The average molecular weight is 388 g/mol. The third-order valence-electron chi connectivity index (χ3n) is 4.65. The maximum absolute atomic E-state index is 12.3. The second-order valence-electron chi connectivity index (χ2n) is 6.64. The lowest BCUT2D eigenvalue weighted by molar-refractivity contribution is 0.0944. The van der Waals surface area contributed by atoms with Crippen LogP contribution in [0.5, 0.6) is 0 Å². The number of aryl methyl sites for hydroxylation is 1. The van der Waals surface area contributed by atoms with Crippen LogP contribution in [0.25, 0.3) is 33.2 Å². The summed E-state index contributed by atoms with van der Waals surface area (Å²) < 4.78 is 1.76. The summed E-state index contributed by atoms with van der Waals surface area (Å²) in [5.74, 6) is -0.000226. The normalized spacial score (nSPS) is 11.0. The molecule has 0 aliphatic heterocycles. The van der Waals surface area contributed by atoms with E-state index in [2.05, 4.69) is 20.4 Å². The largest absolute Gasteiger partial charge is 0.395 e. The summed E-state index contributed by atoms with van der Waals surface area (Å²) in [5, 5.41) is 16.5. The van der Waals surface area contributed by atoms with E-state index in [1.807, 2.05) is 43.7 Å². The van der Waals surface area contributed by atoms with E-state index < -0.39 is 0 Å². The van der Waals surface area contributed by atoms with E-state index >= 15 is 0 Å². The van der Waals surface area contributed by atoms with Crippen LogP contribution in [0.15, 0.2) is 55.1 Å². The number of hydrogen-bond donors (Lipinski definition) is 3. The average Bonchev–Trinajstić information content (AvgIpc) is 3.18. The molecule has 3 heterocycles. The number of aliphatic hydroxyl groups excluding tert-OH is 1. The Morgan fingerprint density at radius 1 is 1.10 bits per heavy atom. The molecule has 4 aromatic rings. The first-order valence-corrected chi connectivity index (χ1v) is 9.09. The molecule has 3 aromatic heterocycles. The lowest BCUT2D eigenvalue weighted by Gasteiger charge is -2.10. The molecule has 0 saturated heterocycles. The fourth-order valence-electron chi connectivity index (χ4n) is 3.18. The lowest BCUT2D eigenvalue weighted by Crippen LogP contribution is -2.26. The van der Waals surface area contributed by atoms with Crippen LogP contribution < -0.4 is 11.1 Å². The minimum Gasteiger partial charge on any atom is -0.395 e. The van der Waals surface area contributed by atoms with E-state index in [1.165, 1.54) is 6.20 Å². The van der Waals surface area contributed by atoms with Crippen LogP contribution >= 0.6 is 0 Å². The Kier molecular flexibility index (Phi) is 4.92. The number of nitrogens with two attached hydrogens (primary N) is 1. The van der Waals surface area contributed by atoms with E-state index in [0.717, 1.165) is 27.6 Å². The van der Waals surface area contributed by atoms with Crippen molar-refractivity contribution in [3.63, 3.8) is 0 Å². The monoisotopic (exact) mass is 388 g/mol. The number of pyridine rings is 2. The van der Waals surface area contributed by atoms with Gasteiger partial charge in [0, 0.05) is 48.7 Å². The van der Waals surface area contributed by atoms with Crippen LogP contribution in [-0.4, -0.2) is 43.9 Å². The molecule has 0 atom stereocenters. The van der Waals surface area contributed by atoms with Crippen molar-refractivity contribution >= 4 is 22.6 Å². The number of nitrogens with zero attached hydrogens (tertiary/aromatic N) is 4. The van der Waals surface area contributed by atoms with Crippen LogP contribution in [0.3, 0.4) is 0 Å². The smallest absolute Gasteiger partial charge is 0.252 e. The maximum atomic E-state index is 12.3. The van der Waals surface area contributed by atoms with Crippen molar-refractivity contribution in [1.82, 2.24) is 25.1 Å². The van der Waals surface area contributed by atoms with E-state index in [9.17, 15) is 4.79 Å². The Balaban J connectivity index is 1.76. The topological polar surface area (TPSA) is 119 Å². The fourth-order valence-corrected chi connectivity index (χ4v) is 3.18. The minimum atomic E-state index is -0.304. The number of nitrogen functional groups attached to an aromatic ring is 1. The van der Waals surface area contributed by atoms with Gasteiger partial charge in [0.15, 0.2) is 0 Å². The van der Waals surface area contributed by atoms with Gasteiger partial charge in [-0.2, -0.15) is 5.10 Å². The second-order valence-corrected chi connectivity index (χ2v) is 6.64. The van der Waals surface area contributed by atoms with Gasteiger partial charge in [-0.25, -0.2) is 4.98 Å².